The molecule has 1 aromatic rings. The van der Waals surface area contributed by atoms with Gasteiger partial charge >= 0.3 is 12.0 Å². The molecule has 0 saturated carbocycles. The molecule has 6 nitrogen and oxygen atoms in total. The molecule has 2 unspecified atom stereocenters. The predicted molar refractivity (Wildman–Crippen MR) is 75.2 cm³/mol. The van der Waals surface area contributed by atoms with E-state index in [4.69, 9.17) is 5.11 Å². The van der Waals surface area contributed by atoms with Crippen LogP contribution in [0.2, 0.25) is 0 Å². The number of aliphatic carboxylic acids is 1. The average molecular weight is 279 g/mol. The second kappa shape index (κ2) is 7.47. The highest BCUT2D eigenvalue weighted by Crippen LogP contribution is 2.10. The summed E-state index contributed by atoms with van der Waals surface area (Å²) >= 11 is 0. The molecule has 1 heterocycles. The van der Waals surface area contributed by atoms with E-state index in [1.807, 2.05) is 26.8 Å². The Bertz CT molecular complexity index is 448. The van der Waals surface area contributed by atoms with E-state index < -0.39 is 12.0 Å². The van der Waals surface area contributed by atoms with Crippen LogP contribution in [0.25, 0.3) is 0 Å². The van der Waals surface area contributed by atoms with Gasteiger partial charge in [-0.2, -0.15) is 0 Å². The monoisotopic (exact) mass is 279 g/mol. The van der Waals surface area contributed by atoms with Crippen LogP contribution in [-0.4, -0.2) is 28.1 Å². The number of rotatable bonds is 6. The van der Waals surface area contributed by atoms with Crippen molar-refractivity contribution in [2.24, 2.45) is 5.92 Å². The van der Waals surface area contributed by atoms with Gasteiger partial charge in [0.1, 0.15) is 0 Å². The number of hydrogen-bond donors (Lipinski definition) is 3. The molecule has 0 aliphatic rings. The Balaban J connectivity index is 2.55. The molecule has 1 aromatic heterocycles. The van der Waals surface area contributed by atoms with Crippen molar-refractivity contribution in [3.05, 3.63) is 30.1 Å². The van der Waals surface area contributed by atoms with Crippen molar-refractivity contribution in [3.8, 4) is 0 Å². The number of carbonyl (C=O) groups is 2. The van der Waals surface area contributed by atoms with Crippen LogP contribution in [-0.2, 0) is 4.79 Å². The summed E-state index contributed by atoms with van der Waals surface area (Å²) in [5.74, 6) is -0.880. The first-order chi connectivity index (χ1) is 9.40. The van der Waals surface area contributed by atoms with Gasteiger partial charge in [0.15, 0.2) is 0 Å². The second-order valence-corrected chi connectivity index (χ2v) is 5.07. The molecule has 2 atom stereocenters. The topological polar surface area (TPSA) is 91.3 Å². The molecule has 3 N–H and O–H groups in total. The van der Waals surface area contributed by atoms with Crippen molar-refractivity contribution in [2.45, 2.75) is 39.3 Å². The molecule has 0 radical (unpaired) electrons. The molecule has 0 bridgehead atoms. The van der Waals surface area contributed by atoms with Crippen LogP contribution >= 0.6 is 0 Å². The van der Waals surface area contributed by atoms with E-state index in [-0.39, 0.29) is 24.4 Å². The highest BCUT2D eigenvalue weighted by atomic mass is 16.4. The fourth-order valence-corrected chi connectivity index (χ4v) is 1.76. The molecule has 0 aromatic carbocycles. The molecule has 0 fully saturated rings. The highest BCUT2D eigenvalue weighted by Gasteiger charge is 2.20. The Morgan fingerprint density at radius 3 is 2.50 bits per heavy atom. The fourth-order valence-electron chi connectivity index (χ4n) is 1.76. The minimum absolute atomic E-state index is 0.0468. The highest BCUT2D eigenvalue weighted by molar-refractivity contribution is 5.76. The number of urea groups is 1. The van der Waals surface area contributed by atoms with Crippen LogP contribution in [0.5, 0.6) is 0 Å². The Kier molecular flexibility index (Phi) is 5.96. The number of carboxylic acids is 1. The van der Waals surface area contributed by atoms with Gasteiger partial charge in [-0.25, -0.2) is 4.79 Å². The summed E-state index contributed by atoms with van der Waals surface area (Å²) in [7, 11) is 0. The molecule has 0 spiro atoms. The standard InChI is InChI=1S/C14H21N3O3/c1-9(2)12(7-13(18)19)17-14(20)16-10(3)11-5-4-6-15-8-11/h4-6,8-10,12H,7H2,1-3H3,(H,18,19)(H2,16,17,20). The fraction of sp³-hybridized carbons (Fsp3) is 0.500. The van der Waals surface area contributed by atoms with Crippen molar-refractivity contribution >= 4 is 12.0 Å². The number of aromatic nitrogens is 1. The van der Waals surface area contributed by atoms with Gasteiger partial charge in [0.05, 0.1) is 12.5 Å². The van der Waals surface area contributed by atoms with E-state index in [1.165, 1.54) is 0 Å². The van der Waals surface area contributed by atoms with E-state index in [2.05, 4.69) is 15.6 Å². The minimum Gasteiger partial charge on any atom is -0.481 e. The first-order valence-electron chi connectivity index (χ1n) is 6.59. The van der Waals surface area contributed by atoms with Gasteiger partial charge in [0.2, 0.25) is 0 Å². The quantitative estimate of drug-likeness (QED) is 0.742. The van der Waals surface area contributed by atoms with Crippen molar-refractivity contribution in [1.29, 1.82) is 0 Å². The van der Waals surface area contributed by atoms with Gasteiger partial charge in [-0.05, 0) is 24.5 Å². The van der Waals surface area contributed by atoms with E-state index in [9.17, 15) is 9.59 Å². The first kappa shape index (κ1) is 15.9. The molecule has 0 aliphatic carbocycles. The Morgan fingerprint density at radius 1 is 1.30 bits per heavy atom. The van der Waals surface area contributed by atoms with E-state index >= 15 is 0 Å². The maximum Gasteiger partial charge on any atom is 0.315 e. The summed E-state index contributed by atoms with van der Waals surface area (Å²) in [5, 5.41) is 14.3. The van der Waals surface area contributed by atoms with Gasteiger partial charge in [-0.1, -0.05) is 19.9 Å². The molecule has 6 heteroatoms. The van der Waals surface area contributed by atoms with Gasteiger partial charge in [0.25, 0.3) is 0 Å². The summed E-state index contributed by atoms with van der Waals surface area (Å²) in [6, 6.07) is 2.71. The van der Waals surface area contributed by atoms with Crippen molar-refractivity contribution in [3.63, 3.8) is 0 Å². The minimum atomic E-state index is -0.927. The maximum absolute atomic E-state index is 11.9. The van der Waals surface area contributed by atoms with Gasteiger partial charge in [0, 0.05) is 18.4 Å². The first-order valence-corrected chi connectivity index (χ1v) is 6.59. The summed E-state index contributed by atoms with van der Waals surface area (Å²) in [4.78, 5) is 26.6. The smallest absolute Gasteiger partial charge is 0.315 e. The summed E-state index contributed by atoms with van der Waals surface area (Å²) in [6.45, 7) is 5.59. The van der Waals surface area contributed by atoms with Crippen LogP contribution in [0.3, 0.4) is 0 Å². The average Bonchev–Trinajstić information content (AvgIpc) is 2.38. The summed E-state index contributed by atoms with van der Waals surface area (Å²) in [5.41, 5.74) is 0.891. The number of nitrogens with zero attached hydrogens (tertiary/aromatic N) is 1. The molecule has 110 valence electrons. The van der Waals surface area contributed by atoms with Crippen molar-refractivity contribution < 1.29 is 14.7 Å². The molecule has 2 amide bonds. The lowest BCUT2D eigenvalue weighted by atomic mass is 10.0. The third-order valence-corrected chi connectivity index (χ3v) is 3.05. The van der Waals surface area contributed by atoms with Crippen LogP contribution in [0, 0.1) is 5.92 Å². The third-order valence-electron chi connectivity index (χ3n) is 3.05. The van der Waals surface area contributed by atoms with Crippen LogP contribution in [0.4, 0.5) is 4.79 Å². The number of hydrogen-bond acceptors (Lipinski definition) is 3. The van der Waals surface area contributed by atoms with E-state index in [1.54, 1.807) is 18.5 Å². The lowest BCUT2D eigenvalue weighted by Gasteiger charge is -2.22. The number of carbonyl (C=O) groups excluding carboxylic acids is 1. The Morgan fingerprint density at radius 2 is 2.00 bits per heavy atom. The van der Waals surface area contributed by atoms with E-state index in [0.717, 1.165) is 5.56 Å². The SMILES string of the molecule is CC(NC(=O)NC(CC(=O)O)C(C)C)c1cccnc1. The predicted octanol–water partition coefficient (Wildman–Crippen LogP) is 1.94. The molecule has 0 saturated heterocycles. The molecular formula is C14H21N3O3. The van der Waals surface area contributed by atoms with Gasteiger partial charge in [-0.3, -0.25) is 9.78 Å². The van der Waals surface area contributed by atoms with Crippen LogP contribution in [0.15, 0.2) is 24.5 Å². The summed E-state index contributed by atoms with van der Waals surface area (Å²) in [6.07, 6.45) is 3.26. The van der Waals surface area contributed by atoms with Crippen LogP contribution < -0.4 is 10.6 Å². The lowest BCUT2D eigenvalue weighted by molar-refractivity contribution is -0.137. The van der Waals surface area contributed by atoms with Crippen LogP contribution in [0.1, 0.15) is 38.8 Å². The summed E-state index contributed by atoms with van der Waals surface area (Å²) < 4.78 is 0. The third kappa shape index (κ3) is 5.26. The van der Waals surface area contributed by atoms with Gasteiger partial charge < -0.3 is 15.7 Å². The zero-order chi connectivity index (χ0) is 15.1. The number of pyridine rings is 1. The zero-order valence-corrected chi connectivity index (χ0v) is 12.0. The Labute approximate surface area is 118 Å². The molecule has 1 rings (SSSR count). The largest absolute Gasteiger partial charge is 0.481 e. The van der Waals surface area contributed by atoms with E-state index in [0.29, 0.717) is 0 Å². The van der Waals surface area contributed by atoms with Crippen molar-refractivity contribution in [1.82, 2.24) is 15.6 Å². The lowest BCUT2D eigenvalue weighted by Crippen LogP contribution is -2.46. The normalized spacial score (nSPS) is 13.6. The second-order valence-electron chi connectivity index (χ2n) is 5.07. The number of nitrogens with one attached hydrogen (secondary N) is 2. The van der Waals surface area contributed by atoms with Crippen molar-refractivity contribution in [2.75, 3.05) is 0 Å². The molecular weight excluding hydrogens is 258 g/mol. The van der Waals surface area contributed by atoms with Gasteiger partial charge in [-0.15, -0.1) is 0 Å². The molecule has 0 aliphatic heterocycles. The number of carboxylic acid groups (broad SMARTS) is 1. The zero-order valence-electron chi connectivity index (χ0n) is 12.0. The molecule has 20 heavy (non-hydrogen) atoms. The Hall–Kier alpha value is -2.11. The maximum atomic E-state index is 11.9. The number of amides is 2.